The lowest BCUT2D eigenvalue weighted by Gasteiger charge is -2.03. The number of aliphatic hydroxyl groups excluding tert-OH is 1. The summed E-state index contributed by atoms with van der Waals surface area (Å²) in [7, 11) is 0. The first-order chi connectivity index (χ1) is 5.04. The van der Waals surface area contributed by atoms with Crippen LogP contribution in [0.1, 0.15) is 13.8 Å². The lowest BCUT2D eigenvalue weighted by atomic mass is 10.4. The average molecular weight is 160 g/mol. The zero-order chi connectivity index (χ0) is 8.85. The molecule has 11 heavy (non-hydrogen) atoms. The van der Waals surface area contributed by atoms with Gasteiger partial charge < -0.3 is 5.11 Å². The Bertz CT molecular complexity index is 151. The minimum absolute atomic E-state index is 0.0288. The Balaban J connectivity index is 3.40. The van der Waals surface area contributed by atoms with Gasteiger partial charge in [0, 0.05) is 5.57 Å². The highest BCUT2D eigenvalue weighted by molar-refractivity contribution is 5.86. The molecule has 0 aromatic heterocycles. The molecule has 0 spiro atoms. The van der Waals surface area contributed by atoms with E-state index in [4.69, 9.17) is 5.11 Å². The molecule has 0 aliphatic carbocycles. The summed E-state index contributed by atoms with van der Waals surface area (Å²) < 4.78 is 0. The van der Waals surface area contributed by atoms with Gasteiger partial charge in [0.2, 0.25) is 0 Å². The van der Waals surface area contributed by atoms with Crippen LogP contribution in [0.5, 0.6) is 0 Å². The van der Waals surface area contributed by atoms with Gasteiger partial charge in [-0.2, -0.15) is 4.89 Å². The van der Waals surface area contributed by atoms with E-state index >= 15 is 0 Å². The molecule has 0 aromatic rings. The zero-order valence-electron chi connectivity index (χ0n) is 6.66. The molecule has 0 saturated heterocycles. The van der Waals surface area contributed by atoms with E-state index in [-0.39, 0.29) is 12.2 Å². The van der Waals surface area contributed by atoms with E-state index in [1.807, 2.05) is 0 Å². The Morgan fingerprint density at radius 1 is 1.73 bits per heavy atom. The van der Waals surface area contributed by atoms with Gasteiger partial charge in [0.15, 0.2) is 0 Å². The summed E-state index contributed by atoms with van der Waals surface area (Å²) in [5.74, 6) is -0.620. The highest BCUT2D eigenvalue weighted by Crippen LogP contribution is 1.93. The van der Waals surface area contributed by atoms with Gasteiger partial charge in [0.1, 0.15) is 6.61 Å². The summed E-state index contributed by atoms with van der Waals surface area (Å²) in [5.41, 5.74) is 0.260. The van der Waals surface area contributed by atoms with Crippen molar-refractivity contribution in [3.63, 3.8) is 0 Å². The van der Waals surface area contributed by atoms with Crippen LogP contribution in [0.4, 0.5) is 0 Å². The highest BCUT2D eigenvalue weighted by Gasteiger charge is 2.04. The van der Waals surface area contributed by atoms with Gasteiger partial charge in [0.25, 0.3) is 0 Å². The SMILES string of the molecule is C=C(C)C(=O)OOCC(C)O. The molecule has 0 aromatic carbocycles. The fraction of sp³-hybridized carbons (Fsp3) is 0.571. The molecule has 0 saturated carbocycles. The van der Waals surface area contributed by atoms with Crippen molar-refractivity contribution in [1.29, 1.82) is 0 Å². The van der Waals surface area contributed by atoms with Crippen LogP contribution in [-0.4, -0.2) is 23.8 Å². The molecule has 0 aliphatic rings. The molecule has 0 radical (unpaired) electrons. The van der Waals surface area contributed by atoms with Crippen molar-refractivity contribution in [1.82, 2.24) is 0 Å². The van der Waals surface area contributed by atoms with E-state index in [1.54, 1.807) is 0 Å². The lowest BCUT2D eigenvalue weighted by molar-refractivity contribution is -0.276. The van der Waals surface area contributed by atoms with Crippen LogP contribution < -0.4 is 0 Å². The second kappa shape index (κ2) is 4.87. The Kier molecular flexibility index (Phi) is 4.49. The molecule has 0 heterocycles. The molecule has 0 fully saturated rings. The van der Waals surface area contributed by atoms with Gasteiger partial charge >= 0.3 is 5.97 Å². The van der Waals surface area contributed by atoms with Crippen molar-refractivity contribution in [3.05, 3.63) is 12.2 Å². The molecular formula is C7H12O4. The summed E-state index contributed by atoms with van der Waals surface area (Å²) in [6.45, 7) is 6.34. The maximum absolute atomic E-state index is 10.6. The predicted molar refractivity (Wildman–Crippen MR) is 38.5 cm³/mol. The van der Waals surface area contributed by atoms with Gasteiger partial charge in [-0.25, -0.2) is 4.79 Å². The predicted octanol–water partition coefficient (Wildman–Crippen LogP) is 0.418. The number of hydrogen-bond acceptors (Lipinski definition) is 4. The van der Waals surface area contributed by atoms with Crippen molar-refractivity contribution >= 4 is 5.97 Å². The van der Waals surface area contributed by atoms with E-state index in [2.05, 4.69) is 16.4 Å². The van der Waals surface area contributed by atoms with Crippen molar-refractivity contribution in [2.45, 2.75) is 20.0 Å². The summed E-state index contributed by atoms with van der Waals surface area (Å²) in [4.78, 5) is 19.2. The molecule has 4 nitrogen and oxygen atoms in total. The largest absolute Gasteiger partial charge is 0.391 e. The van der Waals surface area contributed by atoms with Crippen molar-refractivity contribution < 1.29 is 19.7 Å². The molecule has 1 atom stereocenters. The van der Waals surface area contributed by atoms with E-state index in [0.29, 0.717) is 0 Å². The molecule has 1 unspecified atom stereocenters. The minimum Gasteiger partial charge on any atom is -0.391 e. The first kappa shape index (κ1) is 10.1. The van der Waals surface area contributed by atoms with Crippen LogP contribution >= 0.6 is 0 Å². The summed E-state index contributed by atoms with van der Waals surface area (Å²) in [6, 6.07) is 0. The van der Waals surface area contributed by atoms with Gasteiger partial charge in [-0.3, -0.25) is 4.89 Å². The minimum atomic E-state index is -0.645. The third-order valence-corrected chi connectivity index (χ3v) is 0.792. The number of hydrogen-bond donors (Lipinski definition) is 1. The summed E-state index contributed by atoms with van der Waals surface area (Å²) >= 11 is 0. The zero-order valence-corrected chi connectivity index (χ0v) is 6.66. The third-order valence-electron chi connectivity index (χ3n) is 0.792. The van der Waals surface area contributed by atoms with Gasteiger partial charge in [-0.15, -0.1) is 0 Å². The molecule has 0 aliphatic heterocycles. The van der Waals surface area contributed by atoms with Gasteiger partial charge in [-0.05, 0) is 13.8 Å². The molecule has 1 N–H and O–H groups in total. The Hall–Kier alpha value is -0.870. The van der Waals surface area contributed by atoms with Crippen LogP contribution in [0.15, 0.2) is 12.2 Å². The molecule has 64 valence electrons. The lowest BCUT2D eigenvalue weighted by Crippen LogP contribution is -2.14. The quantitative estimate of drug-likeness (QED) is 0.368. The van der Waals surface area contributed by atoms with Crippen LogP contribution in [0.25, 0.3) is 0 Å². The third kappa shape index (κ3) is 5.57. The number of carbonyl (C=O) groups excluding carboxylic acids is 1. The van der Waals surface area contributed by atoms with Crippen LogP contribution in [-0.2, 0) is 14.6 Å². The maximum Gasteiger partial charge on any atom is 0.368 e. The molecule has 0 rings (SSSR count). The van der Waals surface area contributed by atoms with E-state index < -0.39 is 12.1 Å². The topological polar surface area (TPSA) is 55.8 Å². The van der Waals surface area contributed by atoms with Crippen LogP contribution in [0, 0.1) is 0 Å². The number of rotatable bonds is 4. The van der Waals surface area contributed by atoms with E-state index in [9.17, 15) is 4.79 Å². The second-order valence-electron chi connectivity index (χ2n) is 2.28. The average Bonchev–Trinajstić information content (AvgIpc) is 1.86. The van der Waals surface area contributed by atoms with Crippen molar-refractivity contribution in [2.24, 2.45) is 0 Å². The normalized spacial score (nSPS) is 12.3. The van der Waals surface area contributed by atoms with Gasteiger partial charge in [0.05, 0.1) is 6.10 Å². The summed E-state index contributed by atoms with van der Waals surface area (Å²) in [5, 5.41) is 8.67. The number of carbonyl (C=O) groups is 1. The van der Waals surface area contributed by atoms with E-state index in [0.717, 1.165) is 0 Å². The Labute approximate surface area is 65.4 Å². The standard InChI is InChI=1S/C7H12O4/c1-5(2)7(9)11-10-4-6(3)8/h6,8H,1,4H2,2-3H3. The van der Waals surface area contributed by atoms with Crippen LogP contribution in [0.2, 0.25) is 0 Å². The van der Waals surface area contributed by atoms with Crippen molar-refractivity contribution in [3.8, 4) is 0 Å². The second-order valence-corrected chi connectivity index (χ2v) is 2.28. The Morgan fingerprint density at radius 2 is 2.27 bits per heavy atom. The molecule has 4 heteroatoms. The first-order valence-electron chi connectivity index (χ1n) is 3.21. The summed E-state index contributed by atoms with van der Waals surface area (Å²) in [6.07, 6.45) is -0.645. The highest BCUT2D eigenvalue weighted by atomic mass is 17.2. The Morgan fingerprint density at radius 3 is 2.64 bits per heavy atom. The van der Waals surface area contributed by atoms with Crippen LogP contribution in [0.3, 0.4) is 0 Å². The number of aliphatic hydroxyl groups is 1. The molecule has 0 amide bonds. The monoisotopic (exact) mass is 160 g/mol. The fourth-order valence-corrected chi connectivity index (χ4v) is 0.257. The molecular weight excluding hydrogens is 148 g/mol. The van der Waals surface area contributed by atoms with Crippen molar-refractivity contribution in [2.75, 3.05) is 6.61 Å². The molecule has 0 bridgehead atoms. The van der Waals surface area contributed by atoms with E-state index in [1.165, 1.54) is 13.8 Å². The van der Waals surface area contributed by atoms with Gasteiger partial charge in [-0.1, -0.05) is 6.58 Å². The fourth-order valence-electron chi connectivity index (χ4n) is 0.257. The first-order valence-corrected chi connectivity index (χ1v) is 3.21. The maximum atomic E-state index is 10.6. The smallest absolute Gasteiger partial charge is 0.368 e.